The van der Waals surface area contributed by atoms with Gasteiger partial charge in [0.05, 0.1) is 6.54 Å². The zero-order chi connectivity index (χ0) is 17.5. The quantitative estimate of drug-likeness (QED) is 0.885. The van der Waals surface area contributed by atoms with Gasteiger partial charge in [0, 0.05) is 39.1 Å². The fourth-order valence-corrected chi connectivity index (χ4v) is 3.75. The highest BCUT2D eigenvalue weighted by Gasteiger charge is 2.24. The van der Waals surface area contributed by atoms with Crippen molar-refractivity contribution in [3.63, 3.8) is 0 Å². The number of likely N-dealkylation sites (tertiary alicyclic amines) is 1. The van der Waals surface area contributed by atoms with Gasteiger partial charge in [0.1, 0.15) is 0 Å². The van der Waals surface area contributed by atoms with Gasteiger partial charge in [-0.1, -0.05) is 30.3 Å². The number of benzene rings is 1. The molecule has 5 heteroatoms. The largest absolute Gasteiger partial charge is 0.355 e. The maximum Gasteiger partial charge on any atom is 0.236 e. The summed E-state index contributed by atoms with van der Waals surface area (Å²) >= 11 is 0. The number of amides is 2. The van der Waals surface area contributed by atoms with Gasteiger partial charge in [-0.3, -0.25) is 14.5 Å². The van der Waals surface area contributed by atoms with Crippen molar-refractivity contribution in [1.29, 1.82) is 0 Å². The van der Waals surface area contributed by atoms with Gasteiger partial charge >= 0.3 is 0 Å². The van der Waals surface area contributed by atoms with Gasteiger partial charge in [0.15, 0.2) is 0 Å². The topological polar surface area (TPSA) is 52.7 Å². The molecule has 136 valence electrons. The second kappa shape index (κ2) is 8.99. The molecule has 0 bridgehead atoms. The van der Waals surface area contributed by atoms with Crippen LogP contribution in [0.1, 0.15) is 31.2 Å². The third-order valence-electron chi connectivity index (χ3n) is 5.42. The third-order valence-corrected chi connectivity index (χ3v) is 5.42. The highest BCUT2D eigenvalue weighted by molar-refractivity contribution is 5.79. The average molecular weight is 343 g/mol. The number of hydrogen-bond acceptors (Lipinski definition) is 3. The molecule has 0 atom stereocenters. The maximum atomic E-state index is 12.5. The molecule has 2 saturated heterocycles. The first-order valence-electron chi connectivity index (χ1n) is 9.51. The predicted octanol–water partition coefficient (Wildman–Crippen LogP) is 1.68. The fourth-order valence-electron chi connectivity index (χ4n) is 3.75. The third kappa shape index (κ3) is 5.56. The molecule has 1 aromatic carbocycles. The summed E-state index contributed by atoms with van der Waals surface area (Å²) in [6.45, 7) is 4.31. The molecule has 0 unspecified atom stereocenters. The summed E-state index contributed by atoms with van der Waals surface area (Å²) in [5.74, 6) is 1.04. The number of aryl methyl sites for hydroxylation is 1. The van der Waals surface area contributed by atoms with Crippen molar-refractivity contribution in [3.8, 4) is 0 Å². The first kappa shape index (κ1) is 17.9. The molecule has 3 rings (SSSR count). The minimum absolute atomic E-state index is 0.0918. The zero-order valence-electron chi connectivity index (χ0n) is 15.0. The molecule has 2 aliphatic rings. The molecule has 0 radical (unpaired) electrons. The van der Waals surface area contributed by atoms with E-state index in [1.165, 1.54) is 12.0 Å². The van der Waals surface area contributed by atoms with Crippen LogP contribution in [0.25, 0.3) is 0 Å². The lowest BCUT2D eigenvalue weighted by atomic mass is 9.90. The van der Waals surface area contributed by atoms with Gasteiger partial charge in [0.2, 0.25) is 11.8 Å². The van der Waals surface area contributed by atoms with Gasteiger partial charge in [-0.05, 0) is 37.2 Å². The van der Waals surface area contributed by atoms with Crippen LogP contribution in [0, 0.1) is 5.92 Å². The van der Waals surface area contributed by atoms with E-state index >= 15 is 0 Å². The summed E-state index contributed by atoms with van der Waals surface area (Å²) in [6.07, 6.45) is 5.06. The standard InChI is InChI=1S/C20H29N3O2/c24-19-10-12-22(15-11-21-19)16-20(25)23-13-8-18(9-14-23)7-6-17-4-2-1-3-5-17/h1-5,18H,6-16H2,(H,21,24). The van der Waals surface area contributed by atoms with E-state index in [0.717, 1.165) is 44.8 Å². The SMILES string of the molecule is O=C1CCN(CC(=O)N2CCC(CCc3ccccc3)CC2)CCN1. The molecule has 0 aromatic heterocycles. The van der Waals surface area contributed by atoms with Crippen molar-refractivity contribution in [2.45, 2.75) is 32.1 Å². The van der Waals surface area contributed by atoms with Crippen LogP contribution in [0.4, 0.5) is 0 Å². The van der Waals surface area contributed by atoms with E-state index in [2.05, 4.69) is 40.5 Å². The summed E-state index contributed by atoms with van der Waals surface area (Å²) in [5.41, 5.74) is 1.41. The Bertz CT molecular complexity index is 568. The molecule has 2 heterocycles. The minimum Gasteiger partial charge on any atom is -0.355 e. The van der Waals surface area contributed by atoms with Crippen molar-refractivity contribution in [3.05, 3.63) is 35.9 Å². The predicted molar refractivity (Wildman–Crippen MR) is 98.1 cm³/mol. The molecule has 1 aromatic rings. The van der Waals surface area contributed by atoms with Gasteiger partial charge in [-0.25, -0.2) is 0 Å². The summed E-state index contributed by atoms with van der Waals surface area (Å²) in [5, 5.41) is 2.86. The van der Waals surface area contributed by atoms with Crippen LogP contribution < -0.4 is 5.32 Å². The smallest absolute Gasteiger partial charge is 0.236 e. The monoisotopic (exact) mass is 343 g/mol. The molecule has 0 aliphatic carbocycles. The van der Waals surface area contributed by atoms with Gasteiger partial charge in [0.25, 0.3) is 0 Å². The maximum absolute atomic E-state index is 12.5. The van der Waals surface area contributed by atoms with E-state index in [9.17, 15) is 9.59 Å². The fraction of sp³-hybridized carbons (Fsp3) is 0.600. The number of carbonyl (C=O) groups is 2. The van der Waals surface area contributed by atoms with Crippen molar-refractivity contribution in [2.24, 2.45) is 5.92 Å². The highest BCUT2D eigenvalue weighted by Crippen LogP contribution is 2.22. The molecule has 25 heavy (non-hydrogen) atoms. The molecule has 2 aliphatic heterocycles. The van der Waals surface area contributed by atoms with Crippen LogP contribution in [-0.4, -0.2) is 60.9 Å². The van der Waals surface area contributed by atoms with Crippen molar-refractivity contribution < 1.29 is 9.59 Å². The molecule has 2 amide bonds. The Morgan fingerprint density at radius 2 is 1.84 bits per heavy atom. The molecule has 1 N–H and O–H groups in total. The molecular formula is C20H29N3O2. The lowest BCUT2D eigenvalue weighted by Crippen LogP contribution is -2.45. The number of carbonyl (C=O) groups excluding carboxylic acids is 2. The van der Waals surface area contributed by atoms with Crippen LogP contribution in [0.15, 0.2) is 30.3 Å². The van der Waals surface area contributed by atoms with Gasteiger partial charge in [-0.15, -0.1) is 0 Å². The Kier molecular flexibility index (Phi) is 6.45. The number of nitrogens with zero attached hydrogens (tertiary/aromatic N) is 2. The van der Waals surface area contributed by atoms with E-state index < -0.39 is 0 Å². The Labute approximate surface area is 150 Å². The number of hydrogen-bond donors (Lipinski definition) is 1. The van der Waals surface area contributed by atoms with Crippen LogP contribution in [0.2, 0.25) is 0 Å². The minimum atomic E-state index is 0.0918. The zero-order valence-corrected chi connectivity index (χ0v) is 15.0. The van der Waals surface area contributed by atoms with Crippen LogP contribution in [0.3, 0.4) is 0 Å². The normalized spacial score (nSPS) is 20.2. The summed E-state index contributed by atoms with van der Waals surface area (Å²) in [7, 11) is 0. The second-order valence-electron chi connectivity index (χ2n) is 7.22. The van der Waals surface area contributed by atoms with Crippen molar-refractivity contribution in [1.82, 2.24) is 15.1 Å². The van der Waals surface area contributed by atoms with Crippen LogP contribution in [0.5, 0.6) is 0 Å². The van der Waals surface area contributed by atoms with E-state index in [4.69, 9.17) is 0 Å². The molecule has 0 saturated carbocycles. The van der Waals surface area contributed by atoms with E-state index in [0.29, 0.717) is 26.1 Å². The first-order valence-corrected chi connectivity index (χ1v) is 9.51. The Balaban J connectivity index is 1.38. The van der Waals surface area contributed by atoms with Crippen molar-refractivity contribution in [2.75, 3.05) is 39.3 Å². The Morgan fingerprint density at radius 3 is 2.60 bits per heavy atom. The molecule has 0 spiro atoms. The molecular weight excluding hydrogens is 314 g/mol. The van der Waals surface area contributed by atoms with E-state index in [1.807, 2.05) is 4.90 Å². The van der Waals surface area contributed by atoms with Crippen LogP contribution >= 0.6 is 0 Å². The Hall–Kier alpha value is -1.88. The number of nitrogens with one attached hydrogen (secondary N) is 1. The van der Waals surface area contributed by atoms with Gasteiger partial charge in [-0.2, -0.15) is 0 Å². The lowest BCUT2D eigenvalue weighted by Gasteiger charge is -2.33. The van der Waals surface area contributed by atoms with E-state index in [1.54, 1.807) is 0 Å². The summed E-state index contributed by atoms with van der Waals surface area (Å²) < 4.78 is 0. The average Bonchev–Trinajstić information content (AvgIpc) is 2.85. The highest BCUT2D eigenvalue weighted by atomic mass is 16.2. The Morgan fingerprint density at radius 1 is 1.08 bits per heavy atom. The van der Waals surface area contributed by atoms with Crippen LogP contribution in [-0.2, 0) is 16.0 Å². The summed E-state index contributed by atoms with van der Waals surface area (Å²) in [6, 6.07) is 10.6. The van der Waals surface area contributed by atoms with E-state index in [-0.39, 0.29) is 11.8 Å². The molecule has 5 nitrogen and oxygen atoms in total. The first-order chi connectivity index (χ1) is 12.2. The number of rotatable bonds is 5. The number of piperidine rings is 1. The lowest BCUT2D eigenvalue weighted by molar-refractivity contribution is -0.134. The molecule has 2 fully saturated rings. The van der Waals surface area contributed by atoms with Gasteiger partial charge < -0.3 is 10.2 Å². The second-order valence-corrected chi connectivity index (χ2v) is 7.22. The van der Waals surface area contributed by atoms with Crippen molar-refractivity contribution >= 4 is 11.8 Å². The summed E-state index contributed by atoms with van der Waals surface area (Å²) in [4.78, 5) is 28.0.